The van der Waals surface area contributed by atoms with Crippen molar-refractivity contribution in [3.8, 4) is 11.5 Å². The first-order valence-electron chi connectivity index (χ1n) is 9.86. The van der Waals surface area contributed by atoms with Gasteiger partial charge in [0.2, 0.25) is 0 Å². The predicted molar refractivity (Wildman–Crippen MR) is 112 cm³/mol. The fourth-order valence-corrected chi connectivity index (χ4v) is 4.26. The van der Waals surface area contributed by atoms with E-state index in [1.807, 2.05) is 12.1 Å². The lowest BCUT2D eigenvalue weighted by Crippen LogP contribution is -2.29. The summed E-state index contributed by atoms with van der Waals surface area (Å²) in [5.74, 6) is 1.75. The van der Waals surface area contributed by atoms with Gasteiger partial charge in [-0.25, -0.2) is 0 Å². The molecule has 0 fully saturated rings. The molecule has 1 aliphatic heterocycles. The van der Waals surface area contributed by atoms with Crippen LogP contribution in [0.4, 0.5) is 0 Å². The second-order valence-corrected chi connectivity index (χ2v) is 7.45. The first-order valence-corrected chi connectivity index (χ1v) is 9.86. The van der Waals surface area contributed by atoms with E-state index in [4.69, 9.17) is 9.47 Å². The molecule has 2 heterocycles. The number of nitrogens with zero attached hydrogens (tertiary/aromatic N) is 2. The molecule has 2 aromatic carbocycles. The summed E-state index contributed by atoms with van der Waals surface area (Å²) in [6.07, 6.45) is 3.31. The molecular weight excluding hydrogens is 348 g/mol. The van der Waals surface area contributed by atoms with Gasteiger partial charge in [0.1, 0.15) is 11.5 Å². The number of aromatic nitrogens is 1. The van der Waals surface area contributed by atoms with E-state index in [-0.39, 0.29) is 6.04 Å². The highest BCUT2D eigenvalue weighted by molar-refractivity contribution is 5.45. The molecule has 28 heavy (non-hydrogen) atoms. The average molecular weight is 377 g/mol. The monoisotopic (exact) mass is 376 g/mol. The van der Waals surface area contributed by atoms with Crippen LogP contribution in [0, 0.1) is 6.92 Å². The fraction of sp³-hybridized carbons (Fsp3) is 0.333. The van der Waals surface area contributed by atoms with Gasteiger partial charge in [-0.05, 0) is 49.2 Å². The van der Waals surface area contributed by atoms with Crippen molar-refractivity contribution < 1.29 is 9.47 Å². The van der Waals surface area contributed by atoms with Crippen molar-refractivity contribution in [3.05, 3.63) is 83.2 Å². The topological polar surface area (TPSA) is 26.6 Å². The predicted octanol–water partition coefficient (Wildman–Crippen LogP) is 4.81. The summed E-state index contributed by atoms with van der Waals surface area (Å²) in [6.45, 7) is 5.12. The van der Waals surface area contributed by atoms with Gasteiger partial charge in [0, 0.05) is 37.1 Å². The molecule has 3 aromatic rings. The maximum Gasteiger partial charge on any atom is 0.124 e. The zero-order chi connectivity index (χ0) is 19.5. The minimum atomic E-state index is 0.114. The van der Waals surface area contributed by atoms with Gasteiger partial charge >= 0.3 is 0 Å². The molecule has 0 radical (unpaired) electrons. The van der Waals surface area contributed by atoms with Crippen molar-refractivity contribution in [1.29, 1.82) is 0 Å². The van der Waals surface area contributed by atoms with Gasteiger partial charge < -0.3 is 14.0 Å². The van der Waals surface area contributed by atoms with Crippen LogP contribution in [0.3, 0.4) is 0 Å². The maximum absolute atomic E-state index is 5.76. The molecule has 0 spiro atoms. The van der Waals surface area contributed by atoms with E-state index in [0.29, 0.717) is 0 Å². The molecule has 1 aromatic heterocycles. The fourth-order valence-electron chi connectivity index (χ4n) is 4.26. The lowest BCUT2D eigenvalue weighted by Gasteiger charge is -2.32. The highest BCUT2D eigenvalue weighted by Crippen LogP contribution is 2.39. The molecule has 0 bridgehead atoms. The second-order valence-electron chi connectivity index (χ2n) is 7.45. The maximum atomic E-state index is 5.76. The smallest absolute Gasteiger partial charge is 0.124 e. The zero-order valence-electron chi connectivity index (χ0n) is 16.9. The van der Waals surface area contributed by atoms with Crippen molar-refractivity contribution in [2.24, 2.45) is 0 Å². The number of rotatable bonds is 5. The third-order valence-electron chi connectivity index (χ3n) is 5.55. The summed E-state index contributed by atoms with van der Waals surface area (Å²) < 4.78 is 13.7. The summed E-state index contributed by atoms with van der Waals surface area (Å²) in [4.78, 5) is 2.56. The van der Waals surface area contributed by atoms with Crippen LogP contribution in [0.25, 0.3) is 0 Å². The average Bonchev–Trinajstić information content (AvgIpc) is 3.09. The Hall–Kier alpha value is -2.72. The number of ether oxygens (including phenoxy) is 2. The Kier molecular flexibility index (Phi) is 5.40. The lowest BCUT2D eigenvalue weighted by atomic mass is 9.99. The van der Waals surface area contributed by atoms with Gasteiger partial charge in [-0.3, -0.25) is 4.90 Å². The molecule has 0 unspecified atom stereocenters. The van der Waals surface area contributed by atoms with Crippen molar-refractivity contribution in [3.63, 3.8) is 0 Å². The summed E-state index contributed by atoms with van der Waals surface area (Å²) in [5, 5.41) is 0. The molecule has 1 aliphatic rings. The number of aryl methyl sites for hydroxylation is 2. The first kappa shape index (κ1) is 18.6. The van der Waals surface area contributed by atoms with E-state index in [2.05, 4.69) is 65.1 Å². The Bertz CT molecular complexity index is 947. The van der Waals surface area contributed by atoms with E-state index < -0.39 is 0 Å². The standard InChI is InChI=1S/C24H28N2O2/c1-18-7-4-8-19(15-18)17-26-14-6-13-25-12-5-9-22(25)24(26)21-16-20(27-2)10-11-23(21)28-3/h4-5,7-12,15-16,24H,6,13-14,17H2,1-3H3/t24-/m1/s1. The number of hydrogen-bond donors (Lipinski definition) is 0. The van der Waals surface area contributed by atoms with Gasteiger partial charge in [-0.15, -0.1) is 0 Å². The number of benzene rings is 2. The van der Waals surface area contributed by atoms with E-state index in [1.54, 1.807) is 14.2 Å². The van der Waals surface area contributed by atoms with E-state index >= 15 is 0 Å². The number of methoxy groups -OCH3 is 2. The molecular formula is C24H28N2O2. The summed E-state index contributed by atoms with van der Waals surface area (Å²) in [5.41, 5.74) is 5.09. The van der Waals surface area contributed by atoms with Crippen LogP contribution in [0.1, 0.15) is 34.8 Å². The minimum Gasteiger partial charge on any atom is -0.497 e. The normalized spacial score (nSPS) is 17.0. The van der Waals surface area contributed by atoms with Crippen molar-refractivity contribution in [1.82, 2.24) is 9.47 Å². The first-order chi connectivity index (χ1) is 13.7. The highest BCUT2D eigenvalue weighted by atomic mass is 16.5. The Labute approximate surface area is 167 Å². The van der Waals surface area contributed by atoms with Gasteiger partial charge in [-0.1, -0.05) is 29.8 Å². The van der Waals surface area contributed by atoms with Crippen LogP contribution in [0.15, 0.2) is 60.8 Å². The lowest BCUT2D eigenvalue weighted by molar-refractivity contribution is 0.216. The second kappa shape index (κ2) is 8.11. The molecule has 4 heteroatoms. The molecule has 1 atom stereocenters. The molecule has 0 aliphatic carbocycles. The Morgan fingerprint density at radius 2 is 1.86 bits per heavy atom. The Balaban J connectivity index is 1.81. The minimum absolute atomic E-state index is 0.114. The van der Waals surface area contributed by atoms with Crippen LogP contribution in [-0.4, -0.2) is 30.2 Å². The van der Waals surface area contributed by atoms with Crippen LogP contribution in [-0.2, 0) is 13.1 Å². The van der Waals surface area contributed by atoms with E-state index in [9.17, 15) is 0 Å². The third kappa shape index (κ3) is 3.65. The Morgan fingerprint density at radius 1 is 0.964 bits per heavy atom. The largest absolute Gasteiger partial charge is 0.497 e. The SMILES string of the molecule is COc1ccc(OC)c([C@@H]2c3cccn3CCCN2Cc2cccc(C)c2)c1. The van der Waals surface area contributed by atoms with E-state index in [0.717, 1.165) is 43.1 Å². The van der Waals surface area contributed by atoms with Gasteiger partial charge in [-0.2, -0.15) is 0 Å². The number of hydrogen-bond acceptors (Lipinski definition) is 3. The highest BCUT2D eigenvalue weighted by Gasteiger charge is 2.30. The molecule has 146 valence electrons. The molecule has 4 rings (SSSR count). The summed E-state index contributed by atoms with van der Waals surface area (Å²) in [6, 6.07) is 19.4. The summed E-state index contributed by atoms with van der Waals surface area (Å²) >= 11 is 0. The Morgan fingerprint density at radius 3 is 2.64 bits per heavy atom. The summed E-state index contributed by atoms with van der Waals surface area (Å²) in [7, 11) is 3.46. The van der Waals surface area contributed by atoms with Crippen molar-refractivity contribution in [2.45, 2.75) is 32.5 Å². The van der Waals surface area contributed by atoms with Crippen molar-refractivity contribution >= 4 is 0 Å². The molecule has 4 nitrogen and oxygen atoms in total. The molecule has 0 saturated carbocycles. The zero-order valence-corrected chi connectivity index (χ0v) is 16.9. The van der Waals surface area contributed by atoms with Crippen LogP contribution in [0.5, 0.6) is 11.5 Å². The van der Waals surface area contributed by atoms with Crippen molar-refractivity contribution in [2.75, 3.05) is 20.8 Å². The quantitative estimate of drug-likeness (QED) is 0.639. The van der Waals surface area contributed by atoms with Crippen LogP contribution in [0.2, 0.25) is 0 Å². The van der Waals surface area contributed by atoms with Gasteiger partial charge in [0.05, 0.1) is 20.3 Å². The van der Waals surface area contributed by atoms with Gasteiger partial charge in [0.25, 0.3) is 0 Å². The van der Waals surface area contributed by atoms with E-state index in [1.165, 1.54) is 16.8 Å². The molecule has 0 N–H and O–H groups in total. The molecule has 0 amide bonds. The van der Waals surface area contributed by atoms with Gasteiger partial charge in [0.15, 0.2) is 0 Å². The van der Waals surface area contributed by atoms with Crippen LogP contribution < -0.4 is 9.47 Å². The van der Waals surface area contributed by atoms with Crippen LogP contribution >= 0.6 is 0 Å². The molecule has 0 saturated heterocycles. The third-order valence-corrected chi connectivity index (χ3v) is 5.55. The number of fused-ring (bicyclic) bond motifs is 1.